The molecule has 1 N–H and O–H groups in total. The fourth-order valence-electron chi connectivity index (χ4n) is 2.95. The fourth-order valence-corrected chi connectivity index (χ4v) is 4.28. The molecule has 9 heteroatoms. The summed E-state index contributed by atoms with van der Waals surface area (Å²) >= 11 is 0. The number of aromatic nitrogens is 2. The highest BCUT2D eigenvalue weighted by Gasteiger charge is 2.24. The summed E-state index contributed by atoms with van der Waals surface area (Å²) in [6.07, 6.45) is 0. The van der Waals surface area contributed by atoms with Gasteiger partial charge in [0.1, 0.15) is 22.2 Å². The highest BCUT2D eigenvalue weighted by molar-refractivity contribution is 7.92. The Morgan fingerprint density at radius 3 is 2.38 bits per heavy atom. The Balaban J connectivity index is 1.92. The van der Waals surface area contributed by atoms with Crippen molar-refractivity contribution in [3.05, 3.63) is 65.2 Å². The van der Waals surface area contributed by atoms with Gasteiger partial charge in [-0.05, 0) is 43.7 Å². The Labute approximate surface area is 169 Å². The van der Waals surface area contributed by atoms with Crippen LogP contribution >= 0.6 is 0 Å². The van der Waals surface area contributed by atoms with Gasteiger partial charge in [-0.2, -0.15) is 5.10 Å². The molecule has 0 amide bonds. The highest BCUT2D eigenvalue weighted by Crippen LogP contribution is 2.31. The van der Waals surface area contributed by atoms with Gasteiger partial charge in [0.05, 0.1) is 37.8 Å². The highest BCUT2D eigenvalue weighted by atomic mass is 32.2. The van der Waals surface area contributed by atoms with Gasteiger partial charge in [0.2, 0.25) is 0 Å². The zero-order valence-electron chi connectivity index (χ0n) is 16.6. The summed E-state index contributed by atoms with van der Waals surface area (Å²) in [6.45, 7) is 3.88. The number of halogens is 1. The maximum Gasteiger partial charge on any atom is 0.265 e. The SMILES string of the molecule is COc1ccc(S(=O)(=O)Nc2c(C)nn(Cc3ccc(F)cc3)c2C)c(OC)c1. The molecule has 0 aliphatic heterocycles. The van der Waals surface area contributed by atoms with E-state index < -0.39 is 10.0 Å². The summed E-state index contributed by atoms with van der Waals surface area (Å²) in [5.41, 5.74) is 2.41. The molecule has 3 rings (SSSR count). The molecule has 0 unspecified atom stereocenters. The predicted octanol–water partition coefficient (Wildman–Crippen LogP) is 3.51. The average Bonchev–Trinajstić information content (AvgIpc) is 2.96. The number of aryl methyl sites for hydroxylation is 1. The number of hydrogen-bond donors (Lipinski definition) is 1. The van der Waals surface area contributed by atoms with E-state index >= 15 is 0 Å². The molecule has 0 atom stereocenters. The van der Waals surface area contributed by atoms with Crippen LogP contribution in [-0.4, -0.2) is 32.4 Å². The molecule has 0 bridgehead atoms. The van der Waals surface area contributed by atoms with E-state index in [1.807, 2.05) is 0 Å². The van der Waals surface area contributed by atoms with Crippen molar-refractivity contribution in [3.8, 4) is 11.5 Å². The topological polar surface area (TPSA) is 82.5 Å². The molecule has 3 aromatic rings. The second kappa shape index (κ2) is 8.12. The molecule has 1 heterocycles. The Kier molecular flexibility index (Phi) is 5.78. The van der Waals surface area contributed by atoms with E-state index in [0.29, 0.717) is 29.4 Å². The van der Waals surface area contributed by atoms with Gasteiger partial charge in [0.25, 0.3) is 10.0 Å². The smallest absolute Gasteiger partial charge is 0.265 e. The van der Waals surface area contributed by atoms with Gasteiger partial charge in [-0.1, -0.05) is 12.1 Å². The van der Waals surface area contributed by atoms with Crippen molar-refractivity contribution in [2.75, 3.05) is 18.9 Å². The van der Waals surface area contributed by atoms with Gasteiger partial charge in [-0.3, -0.25) is 9.40 Å². The van der Waals surface area contributed by atoms with E-state index in [1.54, 1.807) is 36.7 Å². The molecule has 29 heavy (non-hydrogen) atoms. The van der Waals surface area contributed by atoms with Gasteiger partial charge in [-0.15, -0.1) is 0 Å². The van der Waals surface area contributed by atoms with E-state index in [1.165, 1.54) is 38.5 Å². The minimum Gasteiger partial charge on any atom is -0.497 e. The first-order valence-corrected chi connectivity index (χ1v) is 10.3. The van der Waals surface area contributed by atoms with Crippen LogP contribution in [0, 0.1) is 19.7 Å². The number of rotatable bonds is 7. The van der Waals surface area contributed by atoms with Crippen LogP contribution in [0.25, 0.3) is 0 Å². The van der Waals surface area contributed by atoms with Gasteiger partial charge in [0, 0.05) is 6.07 Å². The predicted molar refractivity (Wildman–Crippen MR) is 108 cm³/mol. The Hall–Kier alpha value is -3.07. The zero-order chi connectivity index (χ0) is 21.2. The van der Waals surface area contributed by atoms with Crippen molar-refractivity contribution in [1.82, 2.24) is 9.78 Å². The number of nitrogens with one attached hydrogen (secondary N) is 1. The van der Waals surface area contributed by atoms with Crippen LogP contribution in [-0.2, 0) is 16.6 Å². The second-order valence-corrected chi connectivity index (χ2v) is 8.10. The van der Waals surface area contributed by atoms with Gasteiger partial charge in [0.15, 0.2) is 0 Å². The van der Waals surface area contributed by atoms with Crippen molar-refractivity contribution in [2.24, 2.45) is 0 Å². The molecule has 0 aliphatic carbocycles. The summed E-state index contributed by atoms with van der Waals surface area (Å²) in [5, 5.41) is 4.42. The van der Waals surface area contributed by atoms with E-state index in [0.717, 1.165) is 5.56 Å². The molecule has 0 fully saturated rings. The lowest BCUT2D eigenvalue weighted by molar-refractivity contribution is 0.386. The van der Waals surface area contributed by atoms with Crippen molar-refractivity contribution < 1.29 is 22.3 Å². The van der Waals surface area contributed by atoms with Crippen LogP contribution in [0.2, 0.25) is 0 Å². The monoisotopic (exact) mass is 419 g/mol. The first kappa shape index (κ1) is 20.7. The number of methoxy groups -OCH3 is 2. The first-order valence-electron chi connectivity index (χ1n) is 8.78. The molecule has 0 saturated carbocycles. The molecule has 2 aromatic carbocycles. The number of sulfonamides is 1. The van der Waals surface area contributed by atoms with Crippen LogP contribution in [0.1, 0.15) is 17.0 Å². The average molecular weight is 419 g/mol. The van der Waals surface area contributed by atoms with Crippen molar-refractivity contribution >= 4 is 15.7 Å². The molecule has 0 spiro atoms. The van der Waals surface area contributed by atoms with E-state index in [2.05, 4.69) is 9.82 Å². The Morgan fingerprint density at radius 1 is 1.07 bits per heavy atom. The van der Waals surface area contributed by atoms with Crippen molar-refractivity contribution in [2.45, 2.75) is 25.3 Å². The Bertz CT molecular complexity index is 1130. The van der Waals surface area contributed by atoms with Crippen LogP contribution in [0.5, 0.6) is 11.5 Å². The molecule has 1 aromatic heterocycles. The third-order valence-corrected chi connectivity index (χ3v) is 5.91. The molecular formula is C20H22FN3O4S. The van der Waals surface area contributed by atoms with E-state index in [9.17, 15) is 12.8 Å². The number of hydrogen-bond acceptors (Lipinski definition) is 5. The third kappa shape index (κ3) is 4.34. The lowest BCUT2D eigenvalue weighted by atomic mass is 10.2. The number of ether oxygens (including phenoxy) is 2. The largest absolute Gasteiger partial charge is 0.497 e. The summed E-state index contributed by atoms with van der Waals surface area (Å²) < 4.78 is 53.7. The summed E-state index contributed by atoms with van der Waals surface area (Å²) in [7, 11) is -1.04. The molecule has 0 aliphatic rings. The van der Waals surface area contributed by atoms with Crippen LogP contribution in [0.3, 0.4) is 0 Å². The van der Waals surface area contributed by atoms with Crippen molar-refractivity contribution in [3.63, 3.8) is 0 Å². The normalized spacial score (nSPS) is 11.3. The van der Waals surface area contributed by atoms with Gasteiger partial charge >= 0.3 is 0 Å². The number of benzene rings is 2. The second-order valence-electron chi connectivity index (χ2n) is 6.45. The molecular weight excluding hydrogens is 397 g/mol. The molecule has 154 valence electrons. The molecule has 0 radical (unpaired) electrons. The minimum atomic E-state index is -3.92. The van der Waals surface area contributed by atoms with Gasteiger partial charge in [-0.25, -0.2) is 12.8 Å². The van der Waals surface area contributed by atoms with Crippen LogP contribution in [0.15, 0.2) is 47.4 Å². The number of anilines is 1. The minimum absolute atomic E-state index is 0.00844. The lowest BCUT2D eigenvalue weighted by Crippen LogP contribution is -2.15. The molecule has 7 nitrogen and oxygen atoms in total. The lowest BCUT2D eigenvalue weighted by Gasteiger charge is -2.13. The zero-order valence-corrected chi connectivity index (χ0v) is 17.4. The fraction of sp³-hybridized carbons (Fsp3) is 0.250. The maximum absolute atomic E-state index is 13.1. The summed E-state index contributed by atoms with van der Waals surface area (Å²) in [6, 6.07) is 10.6. The molecule has 0 saturated heterocycles. The van der Waals surface area contributed by atoms with E-state index in [4.69, 9.17) is 9.47 Å². The summed E-state index contributed by atoms with van der Waals surface area (Å²) in [4.78, 5) is -0.00844. The van der Waals surface area contributed by atoms with Crippen LogP contribution in [0.4, 0.5) is 10.1 Å². The number of nitrogens with zero attached hydrogens (tertiary/aromatic N) is 2. The van der Waals surface area contributed by atoms with Crippen molar-refractivity contribution in [1.29, 1.82) is 0 Å². The standard InChI is InChI=1S/C20H22FN3O4S/c1-13-20(14(2)24(22-13)12-15-5-7-16(21)8-6-15)23-29(25,26)19-10-9-17(27-3)11-18(19)28-4/h5-11,23H,12H2,1-4H3. The summed E-state index contributed by atoms with van der Waals surface area (Å²) in [5.74, 6) is 0.343. The first-order chi connectivity index (χ1) is 13.7. The Morgan fingerprint density at radius 2 is 1.76 bits per heavy atom. The van der Waals surface area contributed by atoms with Gasteiger partial charge < -0.3 is 9.47 Å². The van der Waals surface area contributed by atoms with E-state index in [-0.39, 0.29) is 16.5 Å². The maximum atomic E-state index is 13.1. The quantitative estimate of drug-likeness (QED) is 0.634. The van der Waals surface area contributed by atoms with Crippen LogP contribution < -0.4 is 14.2 Å². The third-order valence-electron chi connectivity index (χ3n) is 4.52.